The first kappa shape index (κ1) is 24.3. The number of hydrogen-bond donors (Lipinski definition) is 3. The summed E-state index contributed by atoms with van der Waals surface area (Å²) >= 11 is 5.19. The van der Waals surface area contributed by atoms with Crippen molar-refractivity contribution in [1.82, 2.24) is 10.6 Å². The molecule has 0 spiro atoms. The summed E-state index contributed by atoms with van der Waals surface area (Å²) in [4.78, 5) is 11.3. The van der Waals surface area contributed by atoms with E-state index in [1.807, 2.05) is 34.6 Å². The third-order valence-corrected chi connectivity index (χ3v) is 6.76. The molecular formula is C16H34N2O5SSi. The molecule has 0 radical (unpaired) electrons. The standard InChI is InChI=1S/C16H34N2O5SSi/c1-6-21-25(22-7-2,23-8-3)11-9-10-17-16(24)18-14(15(19)20)12-13(4)5/h13-14H,6-12H2,1-5H3,(H,19,20)(H2,17,18,24). The van der Waals surface area contributed by atoms with E-state index in [0.29, 0.717) is 43.9 Å². The SMILES string of the molecule is CCO[Si](CCCNC(=S)NC(CC(C)C)C(=O)O)(OCC)OCC. The van der Waals surface area contributed by atoms with Crippen LogP contribution in [-0.2, 0) is 18.1 Å². The van der Waals surface area contributed by atoms with E-state index in [0.717, 1.165) is 6.42 Å². The van der Waals surface area contributed by atoms with Gasteiger partial charge in [0.05, 0.1) is 0 Å². The van der Waals surface area contributed by atoms with Gasteiger partial charge >= 0.3 is 14.8 Å². The van der Waals surface area contributed by atoms with Crippen molar-refractivity contribution >= 4 is 32.1 Å². The summed E-state index contributed by atoms with van der Waals surface area (Å²) in [6.45, 7) is 12.0. The Morgan fingerprint density at radius 1 is 1.12 bits per heavy atom. The largest absolute Gasteiger partial charge is 0.500 e. The minimum atomic E-state index is -2.64. The molecule has 0 amide bonds. The summed E-state index contributed by atoms with van der Waals surface area (Å²) in [5.74, 6) is -0.625. The Morgan fingerprint density at radius 2 is 1.64 bits per heavy atom. The summed E-state index contributed by atoms with van der Waals surface area (Å²) in [6.07, 6.45) is 1.28. The van der Waals surface area contributed by atoms with Gasteiger partial charge < -0.3 is 29.0 Å². The zero-order valence-electron chi connectivity index (χ0n) is 16.1. The molecule has 0 bridgehead atoms. The first-order chi connectivity index (χ1) is 11.8. The molecule has 3 N–H and O–H groups in total. The van der Waals surface area contributed by atoms with Crippen molar-refractivity contribution in [3.05, 3.63) is 0 Å². The lowest BCUT2D eigenvalue weighted by atomic mass is 10.0. The van der Waals surface area contributed by atoms with Gasteiger partial charge in [-0.1, -0.05) is 13.8 Å². The molecule has 0 fully saturated rings. The summed E-state index contributed by atoms with van der Waals surface area (Å²) in [7, 11) is -2.64. The Kier molecular flexibility index (Phi) is 13.1. The molecule has 0 aliphatic heterocycles. The lowest BCUT2D eigenvalue weighted by Gasteiger charge is -2.28. The maximum Gasteiger partial charge on any atom is 0.500 e. The third kappa shape index (κ3) is 10.8. The van der Waals surface area contributed by atoms with Crippen LogP contribution in [0.25, 0.3) is 0 Å². The van der Waals surface area contributed by atoms with Crippen LogP contribution in [-0.4, -0.2) is 57.4 Å². The van der Waals surface area contributed by atoms with Crippen molar-refractivity contribution in [2.75, 3.05) is 26.4 Å². The molecule has 0 heterocycles. The van der Waals surface area contributed by atoms with Crippen LogP contribution in [0, 0.1) is 5.92 Å². The highest BCUT2D eigenvalue weighted by Crippen LogP contribution is 2.17. The van der Waals surface area contributed by atoms with Crippen LogP contribution in [0.2, 0.25) is 6.04 Å². The van der Waals surface area contributed by atoms with E-state index in [2.05, 4.69) is 10.6 Å². The van der Waals surface area contributed by atoms with E-state index < -0.39 is 20.8 Å². The lowest BCUT2D eigenvalue weighted by molar-refractivity contribution is -0.139. The van der Waals surface area contributed by atoms with Crippen molar-refractivity contribution in [2.24, 2.45) is 5.92 Å². The van der Waals surface area contributed by atoms with Crippen LogP contribution in [0.1, 0.15) is 47.5 Å². The number of aliphatic carboxylic acids is 1. The molecule has 1 atom stereocenters. The van der Waals surface area contributed by atoms with Crippen LogP contribution < -0.4 is 10.6 Å². The van der Waals surface area contributed by atoms with Crippen LogP contribution in [0.5, 0.6) is 0 Å². The van der Waals surface area contributed by atoms with E-state index in [1.165, 1.54) is 0 Å². The highest BCUT2D eigenvalue weighted by Gasteiger charge is 2.39. The minimum absolute atomic E-state index is 0.270. The predicted molar refractivity (Wildman–Crippen MR) is 105 cm³/mol. The van der Waals surface area contributed by atoms with E-state index >= 15 is 0 Å². The van der Waals surface area contributed by atoms with Gasteiger partial charge in [-0.05, 0) is 51.7 Å². The monoisotopic (exact) mass is 394 g/mol. The number of carboxylic acids is 1. The van der Waals surface area contributed by atoms with Gasteiger partial charge in [0.25, 0.3) is 0 Å². The molecule has 0 aromatic heterocycles. The molecule has 0 aliphatic carbocycles. The molecule has 7 nitrogen and oxygen atoms in total. The topological polar surface area (TPSA) is 89.1 Å². The number of hydrogen-bond acceptors (Lipinski definition) is 5. The van der Waals surface area contributed by atoms with Crippen molar-refractivity contribution in [3.8, 4) is 0 Å². The average molecular weight is 395 g/mol. The van der Waals surface area contributed by atoms with Gasteiger partial charge in [-0.2, -0.15) is 0 Å². The van der Waals surface area contributed by atoms with Gasteiger partial charge in [0.1, 0.15) is 6.04 Å². The van der Waals surface area contributed by atoms with Crippen LogP contribution in [0.4, 0.5) is 0 Å². The molecule has 0 saturated carbocycles. The third-order valence-electron chi connectivity index (χ3n) is 3.35. The fourth-order valence-corrected chi connectivity index (χ4v) is 5.27. The Bertz CT molecular complexity index is 382. The molecular weight excluding hydrogens is 360 g/mol. The Labute approximate surface area is 158 Å². The van der Waals surface area contributed by atoms with E-state index in [4.69, 9.17) is 25.5 Å². The number of rotatable bonds is 14. The van der Waals surface area contributed by atoms with Crippen LogP contribution >= 0.6 is 12.2 Å². The number of carbonyl (C=O) groups is 1. The van der Waals surface area contributed by atoms with Gasteiger partial charge in [0, 0.05) is 32.4 Å². The lowest BCUT2D eigenvalue weighted by Crippen LogP contribution is -2.48. The average Bonchev–Trinajstić information content (AvgIpc) is 2.51. The number of thiocarbonyl (C=S) groups is 1. The molecule has 0 saturated heterocycles. The molecule has 0 aliphatic rings. The van der Waals surface area contributed by atoms with Crippen LogP contribution in [0.15, 0.2) is 0 Å². The summed E-state index contributed by atoms with van der Waals surface area (Å²) in [6, 6.07) is 0.00990. The number of nitrogens with one attached hydrogen (secondary N) is 2. The second kappa shape index (κ2) is 13.5. The second-order valence-corrected chi connectivity index (χ2v) is 9.15. The molecule has 0 rings (SSSR count). The molecule has 0 aromatic carbocycles. The second-order valence-electron chi connectivity index (χ2n) is 6.01. The van der Waals surface area contributed by atoms with E-state index in [-0.39, 0.29) is 5.92 Å². The van der Waals surface area contributed by atoms with Crippen molar-refractivity contribution < 1.29 is 23.2 Å². The zero-order valence-corrected chi connectivity index (χ0v) is 17.9. The first-order valence-electron chi connectivity index (χ1n) is 8.99. The summed E-state index contributed by atoms with van der Waals surface area (Å²) < 4.78 is 17.4. The van der Waals surface area contributed by atoms with Gasteiger partial charge in [-0.15, -0.1) is 0 Å². The molecule has 9 heteroatoms. The maximum atomic E-state index is 11.3. The van der Waals surface area contributed by atoms with E-state index in [1.54, 1.807) is 0 Å². The van der Waals surface area contributed by atoms with Gasteiger partial charge in [-0.3, -0.25) is 0 Å². The molecule has 25 heavy (non-hydrogen) atoms. The fraction of sp³-hybridized carbons (Fsp3) is 0.875. The molecule has 0 aromatic rings. The smallest absolute Gasteiger partial charge is 0.480 e. The van der Waals surface area contributed by atoms with Gasteiger partial charge in [0.15, 0.2) is 5.11 Å². The van der Waals surface area contributed by atoms with Crippen molar-refractivity contribution in [3.63, 3.8) is 0 Å². The maximum absolute atomic E-state index is 11.3. The Hall–Kier alpha value is -0.743. The van der Waals surface area contributed by atoms with Gasteiger partial charge in [-0.25, -0.2) is 4.79 Å². The van der Waals surface area contributed by atoms with Crippen molar-refractivity contribution in [1.29, 1.82) is 0 Å². The quantitative estimate of drug-likeness (QED) is 0.235. The van der Waals surface area contributed by atoms with E-state index in [9.17, 15) is 9.90 Å². The van der Waals surface area contributed by atoms with Crippen LogP contribution in [0.3, 0.4) is 0 Å². The molecule has 1 unspecified atom stereocenters. The number of carboxylic acid groups (broad SMARTS) is 1. The van der Waals surface area contributed by atoms with Gasteiger partial charge in [0.2, 0.25) is 0 Å². The van der Waals surface area contributed by atoms with Crippen molar-refractivity contribution in [2.45, 2.75) is 59.5 Å². The Balaban J connectivity index is 4.37. The summed E-state index contributed by atoms with van der Waals surface area (Å²) in [5, 5.41) is 15.5. The zero-order chi connectivity index (χ0) is 19.3. The predicted octanol–water partition coefficient (Wildman–Crippen LogP) is 2.39. The first-order valence-corrected chi connectivity index (χ1v) is 11.3. The summed E-state index contributed by atoms with van der Waals surface area (Å²) in [5.41, 5.74) is 0. The highest BCUT2D eigenvalue weighted by atomic mass is 32.1. The highest BCUT2D eigenvalue weighted by molar-refractivity contribution is 7.80. The molecule has 148 valence electrons. The Morgan fingerprint density at radius 3 is 2.04 bits per heavy atom. The fourth-order valence-electron chi connectivity index (χ4n) is 2.41. The minimum Gasteiger partial charge on any atom is -0.480 e. The normalized spacial score (nSPS) is 12.9.